The molecule has 0 spiro atoms. The summed E-state index contributed by atoms with van der Waals surface area (Å²) in [5.41, 5.74) is 1.81. The second kappa shape index (κ2) is 13.5. The van der Waals surface area contributed by atoms with Crippen LogP contribution in [0.4, 0.5) is 8.78 Å². The second-order valence-electron chi connectivity index (χ2n) is 4.25. The van der Waals surface area contributed by atoms with E-state index in [9.17, 15) is 8.78 Å². The van der Waals surface area contributed by atoms with E-state index >= 15 is 0 Å². The van der Waals surface area contributed by atoms with Crippen LogP contribution in [-0.2, 0) is 0 Å². The minimum Gasteiger partial charge on any atom is -0.212 e. The van der Waals surface area contributed by atoms with E-state index in [4.69, 9.17) is 0 Å². The van der Waals surface area contributed by atoms with Gasteiger partial charge in [0.1, 0.15) is 5.82 Å². The fourth-order valence-corrected chi connectivity index (χ4v) is 0.832. The molecule has 0 fully saturated rings. The highest BCUT2D eigenvalue weighted by Gasteiger charge is 1.88. The van der Waals surface area contributed by atoms with Crippen molar-refractivity contribution in [2.45, 2.75) is 41.5 Å². The van der Waals surface area contributed by atoms with Crippen LogP contribution in [0, 0.1) is 24.6 Å². The van der Waals surface area contributed by atoms with Crippen LogP contribution in [-0.4, -0.2) is 0 Å². The van der Waals surface area contributed by atoms with Gasteiger partial charge in [0.05, 0.1) is 5.83 Å². The summed E-state index contributed by atoms with van der Waals surface area (Å²) in [5, 5.41) is 0. The maximum atomic E-state index is 12.3. The third-order valence-electron chi connectivity index (χ3n) is 1.97. The number of halogens is 2. The molecule has 0 bridgehead atoms. The highest BCUT2D eigenvalue weighted by molar-refractivity contribution is 5.14. The van der Waals surface area contributed by atoms with Crippen molar-refractivity contribution in [1.29, 1.82) is 0 Å². The first kappa shape index (κ1) is 20.4. The molecule has 0 amide bonds. The average molecular weight is 278 g/mol. The van der Waals surface area contributed by atoms with Crippen LogP contribution in [0.5, 0.6) is 0 Å². The number of aryl methyl sites for hydroxylation is 1. The Bertz CT molecular complexity index is 435. The van der Waals surface area contributed by atoms with Gasteiger partial charge in [0.25, 0.3) is 0 Å². The average Bonchev–Trinajstić information content (AvgIpc) is 2.41. The van der Waals surface area contributed by atoms with Crippen LogP contribution in [0.3, 0.4) is 0 Å². The molecule has 0 N–H and O–H groups in total. The lowest BCUT2D eigenvalue weighted by Crippen LogP contribution is -1.76. The van der Waals surface area contributed by atoms with Crippen LogP contribution in [0.15, 0.2) is 47.8 Å². The normalized spacial score (nSPS) is 8.90. The van der Waals surface area contributed by atoms with Gasteiger partial charge in [-0.05, 0) is 59.2 Å². The van der Waals surface area contributed by atoms with Gasteiger partial charge in [0.2, 0.25) is 0 Å². The highest BCUT2D eigenvalue weighted by Crippen LogP contribution is 2.02. The first-order chi connectivity index (χ1) is 9.34. The van der Waals surface area contributed by atoms with Crippen molar-refractivity contribution < 1.29 is 8.78 Å². The lowest BCUT2D eigenvalue weighted by Gasteiger charge is -1.89. The van der Waals surface area contributed by atoms with Crippen LogP contribution in [0.25, 0.3) is 0 Å². The van der Waals surface area contributed by atoms with E-state index in [0.29, 0.717) is 5.56 Å². The number of hydrogen-bond donors (Lipinski definition) is 0. The van der Waals surface area contributed by atoms with E-state index in [-0.39, 0.29) is 11.6 Å². The predicted octanol–water partition coefficient (Wildman–Crippen LogP) is 5.99. The van der Waals surface area contributed by atoms with Gasteiger partial charge in [0.15, 0.2) is 0 Å². The molecule has 0 unspecified atom stereocenters. The first-order valence-electron chi connectivity index (χ1n) is 6.37. The van der Waals surface area contributed by atoms with Crippen molar-refractivity contribution in [2.24, 2.45) is 0 Å². The lowest BCUT2D eigenvalue weighted by atomic mass is 10.2. The molecule has 0 saturated carbocycles. The smallest absolute Gasteiger partial charge is 0.126 e. The molecule has 1 rings (SSSR count). The van der Waals surface area contributed by atoms with E-state index in [1.807, 2.05) is 33.8 Å². The van der Waals surface area contributed by atoms with Crippen LogP contribution in [0.2, 0.25) is 0 Å². The largest absolute Gasteiger partial charge is 0.212 e. The Hall–Kier alpha value is -1.88. The zero-order chi connectivity index (χ0) is 16.0. The third kappa shape index (κ3) is 16.1. The summed E-state index contributed by atoms with van der Waals surface area (Å²) in [7, 11) is 0. The summed E-state index contributed by atoms with van der Waals surface area (Å²) in [6, 6.07) is 6.70. The fraction of sp³-hybridized carbons (Fsp3) is 0.333. The summed E-state index contributed by atoms with van der Waals surface area (Å²) in [4.78, 5) is 0. The number of benzene rings is 1. The molecular weight excluding hydrogens is 254 g/mol. The zero-order valence-corrected chi connectivity index (χ0v) is 13.2. The van der Waals surface area contributed by atoms with Gasteiger partial charge in [-0.1, -0.05) is 29.8 Å². The van der Waals surface area contributed by atoms with Gasteiger partial charge in [-0.3, -0.25) is 0 Å². The molecule has 0 nitrogen and oxygen atoms in total. The van der Waals surface area contributed by atoms with E-state index in [2.05, 4.69) is 11.8 Å². The summed E-state index contributed by atoms with van der Waals surface area (Å²) < 4.78 is 24.2. The third-order valence-corrected chi connectivity index (χ3v) is 1.97. The fourth-order valence-electron chi connectivity index (χ4n) is 0.832. The van der Waals surface area contributed by atoms with Crippen LogP contribution >= 0.6 is 0 Å². The Labute approximate surface area is 122 Å². The molecule has 1 aromatic rings. The van der Waals surface area contributed by atoms with E-state index in [0.717, 1.165) is 5.57 Å². The Kier molecular flexibility index (Phi) is 13.8. The van der Waals surface area contributed by atoms with Crippen molar-refractivity contribution in [2.75, 3.05) is 0 Å². The molecule has 0 heterocycles. The molecule has 110 valence electrons. The van der Waals surface area contributed by atoms with Crippen molar-refractivity contribution in [3.05, 3.63) is 59.2 Å². The van der Waals surface area contributed by atoms with Gasteiger partial charge >= 0.3 is 0 Å². The monoisotopic (exact) mass is 278 g/mol. The summed E-state index contributed by atoms with van der Waals surface area (Å²) >= 11 is 0. The Morgan fingerprint density at radius 3 is 1.70 bits per heavy atom. The number of hydrogen-bond acceptors (Lipinski definition) is 0. The molecule has 20 heavy (non-hydrogen) atoms. The molecule has 0 aromatic heterocycles. The van der Waals surface area contributed by atoms with Gasteiger partial charge < -0.3 is 0 Å². The minimum absolute atomic E-state index is 0.132. The quantitative estimate of drug-likeness (QED) is 0.437. The van der Waals surface area contributed by atoms with Crippen molar-refractivity contribution in [3.8, 4) is 11.8 Å². The molecule has 0 radical (unpaired) electrons. The van der Waals surface area contributed by atoms with E-state index in [1.54, 1.807) is 25.1 Å². The van der Waals surface area contributed by atoms with Crippen molar-refractivity contribution >= 4 is 0 Å². The van der Waals surface area contributed by atoms with Crippen molar-refractivity contribution in [1.82, 2.24) is 0 Å². The molecular formula is C18H24F2. The number of allylic oxidation sites excluding steroid dienone is 4. The Morgan fingerprint density at radius 2 is 1.50 bits per heavy atom. The van der Waals surface area contributed by atoms with Gasteiger partial charge in [-0.2, -0.15) is 0 Å². The molecule has 0 aliphatic rings. The second-order valence-corrected chi connectivity index (χ2v) is 4.25. The standard InChI is InChI=1S/C7H7F.C7H11F.C4H6/c1-6-4-2-3-5-7(6)8;1-6(2)4-5-7(3)8;1-3-4-2/h2-5H,1H3;4-5H,1-3H3;1-2H3/b;7-5+;. The van der Waals surface area contributed by atoms with Crippen LogP contribution in [0.1, 0.15) is 40.2 Å². The molecule has 2 heteroatoms. The number of rotatable bonds is 1. The SMILES string of the molecule is CC#CC.CC(C)=C/C=C(\C)F.Cc1ccccc1F. The van der Waals surface area contributed by atoms with Gasteiger partial charge in [0, 0.05) is 0 Å². The maximum absolute atomic E-state index is 12.3. The topological polar surface area (TPSA) is 0 Å². The van der Waals surface area contributed by atoms with E-state index < -0.39 is 0 Å². The molecule has 1 aromatic carbocycles. The summed E-state index contributed by atoms with van der Waals surface area (Å²) in [6.07, 6.45) is 3.20. The molecule has 0 aliphatic carbocycles. The van der Waals surface area contributed by atoms with Gasteiger partial charge in [-0.25, -0.2) is 8.78 Å². The van der Waals surface area contributed by atoms with Crippen molar-refractivity contribution in [3.63, 3.8) is 0 Å². The Balaban J connectivity index is 0. The Morgan fingerprint density at radius 1 is 1.00 bits per heavy atom. The first-order valence-corrected chi connectivity index (χ1v) is 6.37. The zero-order valence-electron chi connectivity index (χ0n) is 13.2. The van der Waals surface area contributed by atoms with Crippen LogP contribution < -0.4 is 0 Å². The summed E-state index contributed by atoms with van der Waals surface area (Å²) in [6.45, 7) is 10.7. The minimum atomic E-state index is -0.147. The molecule has 0 atom stereocenters. The highest BCUT2D eigenvalue weighted by atomic mass is 19.1. The molecule has 0 saturated heterocycles. The summed E-state index contributed by atoms with van der Waals surface area (Å²) in [5.74, 6) is 5.08. The molecule has 0 aliphatic heterocycles. The van der Waals surface area contributed by atoms with E-state index in [1.165, 1.54) is 19.1 Å². The maximum Gasteiger partial charge on any atom is 0.126 e. The predicted molar refractivity (Wildman–Crippen MR) is 84.6 cm³/mol. The lowest BCUT2D eigenvalue weighted by molar-refractivity contribution is 0.618. The van der Waals surface area contributed by atoms with Gasteiger partial charge in [-0.15, -0.1) is 11.8 Å².